The van der Waals surface area contributed by atoms with Crippen LogP contribution in [0.15, 0.2) is 35.8 Å². The highest BCUT2D eigenvalue weighted by Gasteiger charge is 2.31. The van der Waals surface area contributed by atoms with Crippen molar-refractivity contribution in [2.75, 3.05) is 46.9 Å². The molecule has 8 nitrogen and oxygen atoms in total. The van der Waals surface area contributed by atoms with E-state index in [4.69, 9.17) is 9.47 Å². The highest BCUT2D eigenvalue weighted by molar-refractivity contribution is 7.16. The van der Waals surface area contributed by atoms with Gasteiger partial charge >= 0.3 is 0 Å². The van der Waals surface area contributed by atoms with Crippen LogP contribution in [0.5, 0.6) is 11.5 Å². The number of nitrogens with zero attached hydrogens (tertiary/aromatic N) is 3. The van der Waals surface area contributed by atoms with Gasteiger partial charge in [0, 0.05) is 38.3 Å². The number of likely N-dealkylation sites (tertiary alicyclic amines) is 1. The summed E-state index contributed by atoms with van der Waals surface area (Å²) in [5.41, 5.74) is 5.69. The molecule has 2 aliphatic rings. The van der Waals surface area contributed by atoms with Gasteiger partial charge in [0.25, 0.3) is 5.91 Å². The average Bonchev–Trinajstić information content (AvgIpc) is 3.39. The third-order valence-corrected chi connectivity index (χ3v) is 7.98. The summed E-state index contributed by atoms with van der Waals surface area (Å²) in [5.74, 6) is 1.57. The monoisotopic (exact) mass is 508 g/mol. The van der Waals surface area contributed by atoms with Gasteiger partial charge in [0.1, 0.15) is 0 Å². The molecule has 0 spiro atoms. The number of nitrogens with one attached hydrogen (secondary N) is 1. The lowest BCUT2D eigenvalue weighted by Gasteiger charge is -2.37. The van der Waals surface area contributed by atoms with Gasteiger partial charge in [-0.05, 0) is 67.3 Å². The number of carbonyl (C=O) groups excluding carboxylic acids is 2. The van der Waals surface area contributed by atoms with E-state index in [1.54, 1.807) is 19.7 Å². The Labute approximate surface area is 215 Å². The Morgan fingerprint density at radius 3 is 2.72 bits per heavy atom. The number of hydrogen-bond acceptors (Lipinski definition) is 7. The molecule has 3 heterocycles. The third kappa shape index (κ3) is 5.17. The largest absolute Gasteiger partial charge is 0.493 e. The number of piperidine rings is 1. The molecule has 2 aromatic carbocycles. The van der Waals surface area contributed by atoms with Crippen molar-refractivity contribution in [2.45, 2.75) is 25.8 Å². The van der Waals surface area contributed by atoms with Gasteiger partial charge in [0.15, 0.2) is 11.5 Å². The molecule has 1 saturated heterocycles. The van der Waals surface area contributed by atoms with Crippen molar-refractivity contribution < 1.29 is 19.1 Å². The quantitative estimate of drug-likeness (QED) is 0.527. The van der Waals surface area contributed by atoms with Crippen molar-refractivity contribution in [1.29, 1.82) is 0 Å². The molecular weight excluding hydrogens is 476 g/mol. The summed E-state index contributed by atoms with van der Waals surface area (Å²) in [5, 5.41) is 3.03. The summed E-state index contributed by atoms with van der Waals surface area (Å²) in [7, 11) is 3.28. The molecule has 1 unspecified atom stereocenters. The van der Waals surface area contributed by atoms with E-state index in [9.17, 15) is 9.59 Å². The molecule has 3 aromatic rings. The number of benzene rings is 2. The predicted molar refractivity (Wildman–Crippen MR) is 140 cm³/mol. The molecule has 1 fully saturated rings. The fraction of sp³-hybridized carbons (Fsp3) is 0.444. The van der Waals surface area contributed by atoms with Crippen LogP contribution in [-0.2, 0) is 17.8 Å². The first-order valence-corrected chi connectivity index (χ1v) is 13.3. The molecule has 9 heteroatoms. The number of amides is 2. The minimum absolute atomic E-state index is 0.00937. The van der Waals surface area contributed by atoms with Crippen LogP contribution in [0.3, 0.4) is 0 Å². The molecule has 1 N–H and O–H groups in total. The normalized spacial score (nSPS) is 18.1. The number of thiazole rings is 1. The summed E-state index contributed by atoms with van der Waals surface area (Å²) in [6, 6.07) is 9.61. The number of fused-ring (bicyclic) bond motifs is 2. The van der Waals surface area contributed by atoms with Crippen molar-refractivity contribution in [3.8, 4) is 11.5 Å². The van der Waals surface area contributed by atoms with Crippen molar-refractivity contribution in [3.63, 3.8) is 0 Å². The van der Waals surface area contributed by atoms with Gasteiger partial charge in [0.05, 0.1) is 35.9 Å². The van der Waals surface area contributed by atoms with Gasteiger partial charge in [0.2, 0.25) is 5.91 Å². The number of aromatic nitrogens is 1. The Kier molecular flexibility index (Phi) is 7.38. The van der Waals surface area contributed by atoms with Crippen LogP contribution < -0.4 is 14.8 Å². The second kappa shape index (κ2) is 10.8. The average molecular weight is 509 g/mol. The first-order chi connectivity index (χ1) is 17.6. The molecule has 2 amide bonds. The Balaban J connectivity index is 1.14. The molecule has 5 rings (SSSR count). The van der Waals surface area contributed by atoms with Crippen LogP contribution in [0.4, 0.5) is 0 Å². The van der Waals surface area contributed by atoms with E-state index in [-0.39, 0.29) is 17.7 Å². The molecule has 190 valence electrons. The predicted octanol–water partition coefficient (Wildman–Crippen LogP) is 3.34. The molecule has 0 bridgehead atoms. The van der Waals surface area contributed by atoms with Gasteiger partial charge in [-0.25, -0.2) is 4.98 Å². The van der Waals surface area contributed by atoms with E-state index in [0.29, 0.717) is 24.4 Å². The van der Waals surface area contributed by atoms with Crippen LogP contribution in [-0.4, -0.2) is 73.5 Å². The second-order valence-electron chi connectivity index (χ2n) is 9.42. The SMILES string of the molecule is COc1cc2c(cc1OC)CN(C(=O)C1CCCN(CCNC(=O)c3ccc4ncsc4c3)C1)CC2. The molecule has 1 atom stereocenters. The van der Waals surface area contributed by atoms with Crippen LogP contribution in [0.1, 0.15) is 34.3 Å². The highest BCUT2D eigenvalue weighted by atomic mass is 32.1. The van der Waals surface area contributed by atoms with Gasteiger partial charge in [-0.3, -0.25) is 9.59 Å². The summed E-state index contributed by atoms with van der Waals surface area (Å²) < 4.78 is 11.9. The van der Waals surface area contributed by atoms with E-state index in [1.165, 1.54) is 16.9 Å². The molecular formula is C27H32N4O4S. The highest BCUT2D eigenvalue weighted by Crippen LogP contribution is 2.34. The maximum absolute atomic E-state index is 13.4. The summed E-state index contributed by atoms with van der Waals surface area (Å²) in [6.45, 7) is 4.30. The zero-order chi connectivity index (χ0) is 25.1. The Morgan fingerprint density at radius 2 is 1.92 bits per heavy atom. The van der Waals surface area contributed by atoms with Crippen LogP contribution in [0.25, 0.3) is 10.2 Å². The zero-order valence-corrected chi connectivity index (χ0v) is 21.6. The number of rotatable bonds is 7. The minimum atomic E-state index is -0.0750. The van der Waals surface area contributed by atoms with E-state index < -0.39 is 0 Å². The van der Waals surface area contributed by atoms with Gasteiger partial charge in [-0.15, -0.1) is 11.3 Å². The van der Waals surface area contributed by atoms with Gasteiger partial charge < -0.3 is 24.6 Å². The minimum Gasteiger partial charge on any atom is -0.493 e. The molecule has 1 aromatic heterocycles. The second-order valence-corrected chi connectivity index (χ2v) is 10.3. The van der Waals surface area contributed by atoms with E-state index in [2.05, 4.69) is 15.2 Å². The van der Waals surface area contributed by atoms with Crippen molar-refractivity contribution >= 4 is 33.4 Å². The third-order valence-electron chi connectivity index (χ3n) is 7.19. The Morgan fingerprint density at radius 1 is 1.11 bits per heavy atom. The molecule has 0 radical (unpaired) electrons. The molecule has 0 saturated carbocycles. The van der Waals surface area contributed by atoms with Crippen LogP contribution in [0, 0.1) is 5.92 Å². The summed E-state index contributed by atoms with van der Waals surface area (Å²) in [6.07, 6.45) is 2.71. The Bertz CT molecular complexity index is 1260. The van der Waals surface area contributed by atoms with E-state index in [0.717, 1.165) is 67.0 Å². The lowest BCUT2D eigenvalue weighted by Crippen LogP contribution is -2.47. The maximum atomic E-state index is 13.4. The standard InChI is InChI=1S/C27H32N4O4S/c1-34-23-12-18-7-10-31(16-21(18)13-24(23)35-2)27(33)20-4-3-9-30(15-20)11-8-28-26(32)19-5-6-22-25(14-19)36-17-29-22/h5-6,12-14,17,20H,3-4,7-11,15-16H2,1-2H3,(H,28,32). The zero-order valence-electron chi connectivity index (χ0n) is 20.8. The molecule has 0 aliphatic carbocycles. The van der Waals surface area contributed by atoms with Crippen molar-refractivity contribution in [3.05, 3.63) is 52.5 Å². The summed E-state index contributed by atoms with van der Waals surface area (Å²) in [4.78, 5) is 34.5. The van der Waals surface area contributed by atoms with Gasteiger partial charge in [-0.2, -0.15) is 0 Å². The molecule has 2 aliphatic heterocycles. The maximum Gasteiger partial charge on any atom is 0.251 e. The smallest absolute Gasteiger partial charge is 0.251 e. The van der Waals surface area contributed by atoms with Crippen molar-refractivity contribution in [2.24, 2.45) is 5.92 Å². The number of ether oxygens (including phenoxy) is 2. The number of methoxy groups -OCH3 is 2. The number of carbonyl (C=O) groups is 2. The topological polar surface area (TPSA) is 84.0 Å². The fourth-order valence-electron chi connectivity index (χ4n) is 5.22. The Hall–Kier alpha value is -3.17. The van der Waals surface area contributed by atoms with Gasteiger partial charge in [-0.1, -0.05) is 0 Å². The first-order valence-electron chi connectivity index (χ1n) is 12.4. The van der Waals surface area contributed by atoms with Crippen LogP contribution >= 0.6 is 11.3 Å². The summed E-state index contributed by atoms with van der Waals surface area (Å²) >= 11 is 1.53. The lowest BCUT2D eigenvalue weighted by molar-refractivity contribution is -0.138. The van der Waals surface area contributed by atoms with Crippen molar-refractivity contribution in [1.82, 2.24) is 20.1 Å². The van der Waals surface area contributed by atoms with Crippen LogP contribution in [0.2, 0.25) is 0 Å². The fourth-order valence-corrected chi connectivity index (χ4v) is 5.93. The first kappa shape index (κ1) is 24.5. The van der Waals surface area contributed by atoms with E-state index in [1.807, 2.05) is 35.2 Å². The van der Waals surface area contributed by atoms with E-state index >= 15 is 0 Å². The lowest BCUT2D eigenvalue weighted by atomic mass is 9.93. The molecule has 36 heavy (non-hydrogen) atoms. The number of hydrogen-bond donors (Lipinski definition) is 1.